The first-order valence-electron chi connectivity index (χ1n) is 8.69. The molecule has 0 spiro atoms. The zero-order valence-electron chi connectivity index (χ0n) is 15.7. The Labute approximate surface area is 154 Å². The fourth-order valence-electron chi connectivity index (χ4n) is 2.57. The van der Waals surface area contributed by atoms with Crippen LogP contribution in [0.5, 0.6) is 5.75 Å². The van der Waals surface area contributed by atoms with Crippen molar-refractivity contribution in [2.24, 2.45) is 0 Å². The van der Waals surface area contributed by atoms with Gasteiger partial charge in [0.25, 0.3) is 14.2 Å². The van der Waals surface area contributed by atoms with Crippen LogP contribution in [0.4, 0.5) is 0 Å². The Morgan fingerprint density at radius 2 is 1.92 bits per heavy atom. The lowest BCUT2D eigenvalue weighted by atomic mass is 10.0. The Bertz CT molecular complexity index is 780. The number of ether oxygens (including phenoxy) is 1. The van der Waals surface area contributed by atoms with E-state index in [4.69, 9.17) is 9.16 Å². The van der Waals surface area contributed by atoms with Gasteiger partial charge in [-0.25, -0.2) is 0 Å². The van der Waals surface area contributed by atoms with E-state index in [1.165, 1.54) is 6.08 Å². The Morgan fingerprint density at radius 3 is 2.58 bits per heavy atom. The highest BCUT2D eigenvalue weighted by molar-refractivity contribution is 6.74. The van der Waals surface area contributed by atoms with Crippen molar-refractivity contribution in [1.29, 1.82) is 0 Å². The Hall–Kier alpha value is -1.96. The maximum atomic E-state index is 12.8. The molecular formula is C19H25NO5Si. The lowest BCUT2D eigenvalue weighted by molar-refractivity contribution is -0.116. The number of hydrogen-bond donors (Lipinski definition) is 2. The summed E-state index contributed by atoms with van der Waals surface area (Å²) < 4.78 is 11.4. The summed E-state index contributed by atoms with van der Waals surface area (Å²) in [6.45, 7) is 10.6. The number of amides is 1. The number of carbonyl (C=O) groups excluding carboxylic acids is 2. The molecule has 1 aliphatic carbocycles. The molecule has 0 radical (unpaired) electrons. The van der Waals surface area contributed by atoms with Crippen LogP contribution in [0.1, 0.15) is 31.1 Å². The summed E-state index contributed by atoms with van der Waals surface area (Å²) in [6.07, 6.45) is -0.884. The summed E-state index contributed by atoms with van der Waals surface area (Å²) in [4.78, 5) is 24.6. The first-order valence-corrected chi connectivity index (χ1v) is 11.6. The van der Waals surface area contributed by atoms with Gasteiger partial charge in [-0.05, 0) is 30.3 Å². The molecule has 2 aliphatic rings. The largest absolute Gasteiger partial charge is 0.543 e. The van der Waals surface area contributed by atoms with Crippen LogP contribution in [-0.4, -0.2) is 43.4 Å². The summed E-state index contributed by atoms with van der Waals surface area (Å²) in [6, 6.07) is 7.02. The van der Waals surface area contributed by atoms with Crippen LogP contribution in [-0.2, 0) is 9.53 Å². The van der Waals surface area contributed by atoms with Gasteiger partial charge in [-0.2, -0.15) is 0 Å². The van der Waals surface area contributed by atoms with Crippen molar-refractivity contribution >= 4 is 20.0 Å². The molecule has 1 aromatic rings. The van der Waals surface area contributed by atoms with Gasteiger partial charge in [0.15, 0.2) is 5.78 Å². The van der Waals surface area contributed by atoms with Crippen molar-refractivity contribution in [3.8, 4) is 5.75 Å². The van der Waals surface area contributed by atoms with E-state index >= 15 is 0 Å². The molecule has 1 aromatic carbocycles. The van der Waals surface area contributed by atoms with E-state index in [0.29, 0.717) is 11.3 Å². The fourth-order valence-corrected chi connectivity index (χ4v) is 3.60. The average Bonchev–Trinajstić information content (AvgIpc) is 3.32. The molecule has 2 N–H and O–H groups in total. The minimum absolute atomic E-state index is 0.0105. The van der Waals surface area contributed by atoms with Crippen molar-refractivity contribution in [2.75, 3.05) is 0 Å². The van der Waals surface area contributed by atoms with Gasteiger partial charge in [-0.3, -0.25) is 9.59 Å². The van der Waals surface area contributed by atoms with Crippen molar-refractivity contribution in [2.45, 2.75) is 57.2 Å². The number of aliphatic hydroxyl groups is 1. The number of hydrogen-bond acceptors (Lipinski definition) is 5. The highest BCUT2D eigenvalue weighted by Crippen LogP contribution is 2.38. The van der Waals surface area contributed by atoms with E-state index in [2.05, 4.69) is 39.2 Å². The maximum absolute atomic E-state index is 12.8. The lowest BCUT2D eigenvalue weighted by Crippen LogP contribution is -2.44. The second-order valence-electron chi connectivity index (χ2n) is 8.28. The van der Waals surface area contributed by atoms with Gasteiger partial charge in [-0.1, -0.05) is 32.9 Å². The fraction of sp³-hybridized carbons (Fsp3) is 0.474. The Balaban J connectivity index is 1.81. The maximum Gasteiger partial charge on any atom is 0.259 e. The zero-order chi connectivity index (χ0) is 19.3. The van der Waals surface area contributed by atoms with E-state index < -0.39 is 32.5 Å². The van der Waals surface area contributed by atoms with E-state index in [1.54, 1.807) is 18.2 Å². The summed E-state index contributed by atoms with van der Waals surface area (Å²) in [5.74, 6) is -0.146. The molecule has 7 heteroatoms. The average molecular weight is 375 g/mol. The molecule has 1 saturated heterocycles. The van der Waals surface area contributed by atoms with Crippen LogP contribution in [0, 0.1) is 0 Å². The van der Waals surface area contributed by atoms with Crippen LogP contribution in [0.3, 0.4) is 0 Å². The summed E-state index contributed by atoms with van der Waals surface area (Å²) in [5, 5.41) is 12.8. The number of nitrogens with one attached hydrogen (secondary N) is 1. The van der Waals surface area contributed by atoms with Crippen LogP contribution >= 0.6 is 0 Å². The third kappa shape index (κ3) is 3.47. The molecular weight excluding hydrogens is 350 g/mol. The number of ketones is 1. The number of fused-ring (bicyclic) bond motifs is 1. The van der Waals surface area contributed by atoms with E-state index in [9.17, 15) is 14.7 Å². The molecule has 3 unspecified atom stereocenters. The zero-order valence-corrected chi connectivity index (χ0v) is 16.7. The molecule has 0 bridgehead atoms. The second-order valence-corrected chi connectivity index (χ2v) is 13.0. The van der Waals surface area contributed by atoms with Crippen LogP contribution in [0.25, 0.3) is 0 Å². The van der Waals surface area contributed by atoms with E-state index in [1.807, 2.05) is 6.07 Å². The molecule has 1 amide bonds. The van der Waals surface area contributed by atoms with Gasteiger partial charge in [0.1, 0.15) is 24.1 Å². The number of epoxide rings is 1. The number of carbonyl (C=O) groups is 2. The minimum Gasteiger partial charge on any atom is -0.543 e. The summed E-state index contributed by atoms with van der Waals surface area (Å²) >= 11 is 0. The highest BCUT2D eigenvalue weighted by atomic mass is 28.4. The number of para-hydroxylation sites is 1. The SMILES string of the molecule is CC(C)(C)[Si](C)(C)Oc1ccccc1C(=O)NC1=CC(=O)C2OC2C1O. The minimum atomic E-state index is -2.12. The standard InChI is InChI=1S/C19H25NO5Si/c1-19(2,3)26(4,5)25-14-9-7-6-8-11(14)18(23)20-12-10-13(21)16-17(24-16)15(12)22/h6-10,15-17,22H,1-5H3,(H,20,23). The predicted molar refractivity (Wildman–Crippen MR) is 99.5 cm³/mol. The number of rotatable bonds is 4. The van der Waals surface area contributed by atoms with Gasteiger partial charge >= 0.3 is 0 Å². The molecule has 1 fully saturated rings. The monoisotopic (exact) mass is 375 g/mol. The molecule has 26 heavy (non-hydrogen) atoms. The van der Waals surface area contributed by atoms with Gasteiger partial charge in [-0.15, -0.1) is 0 Å². The van der Waals surface area contributed by atoms with E-state index in [0.717, 1.165) is 0 Å². The smallest absolute Gasteiger partial charge is 0.259 e. The van der Waals surface area contributed by atoms with E-state index in [-0.39, 0.29) is 16.5 Å². The van der Waals surface area contributed by atoms with Crippen LogP contribution < -0.4 is 9.74 Å². The van der Waals surface area contributed by atoms with Crippen molar-refractivity contribution in [1.82, 2.24) is 5.32 Å². The highest BCUT2D eigenvalue weighted by Gasteiger charge is 2.53. The number of benzene rings is 1. The Morgan fingerprint density at radius 1 is 1.27 bits per heavy atom. The first kappa shape index (κ1) is 18.8. The van der Waals surface area contributed by atoms with Gasteiger partial charge < -0.3 is 19.6 Å². The molecule has 6 nitrogen and oxygen atoms in total. The third-order valence-electron chi connectivity index (χ3n) is 5.29. The first-order chi connectivity index (χ1) is 12.0. The summed E-state index contributed by atoms with van der Waals surface area (Å²) in [7, 11) is -2.12. The molecule has 0 aromatic heterocycles. The van der Waals surface area contributed by atoms with Gasteiger partial charge in [0.05, 0.1) is 11.3 Å². The van der Waals surface area contributed by atoms with Crippen LogP contribution in [0.15, 0.2) is 36.0 Å². The quantitative estimate of drug-likeness (QED) is 0.623. The van der Waals surface area contributed by atoms with Crippen molar-refractivity contribution in [3.63, 3.8) is 0 Å². The molecule has 1 heterocycles. The third-order valence-corrected chi connectivity index (χ3v) is 9.64. The van der Waals surface area contributed by atoms with Gasteiger partial charge in [0, 0.05) is 6.08 Å². The van der Waals surface area contributed by atoms with Crippen molar-refractivity contribution in [3.05, 3.63) is 41.6 Å². The second kappa shape index (κ2) is 6.33. The molecule has 3 atom stereocenters. The van der Waals surface area contributed by atoms with Crippen LogP contribution in [0.2, 0.25) is 18.1 Å². The lowest BCUT2D eigenvalue weighted by Gasteiger charge is -2.37. The normalized spacial score (nSPS) is 25.2. The van der Waals surface area contributed by atoms with Crippen molar-refractivity contribution < 1.29 is 23.9 Å². The molecule has 1 aliphatic heterocycles. The number of aliphatic hydroxyl groups excluding tert-OH is 1. The molecule has 3 rings (SSSR count). The summed E-state index contributed by atoms with van der Waals surface area (Å²) in [5.41, 5.74) is 0.539. The Kier molecular flexibility index (Phi) is 4.58. The molecule has 0 saturated carbocycles. The predicted octanol–water partition coefficient (Wildman–Crippen LogP) is 2.40. The molecule has 140 valence electrons. The van der Waals surface area contributed by atoms with Gasteiger partial charge in [0.2, 0.25) is 0 Å². The topological polar surface area (TPSA) is 88.2 Å².